The second-order valence-corrected chi connectivity index (χ2v) is 9.04. The number of morpholine rings is 1. The molecule has 0 bridgehead atoms. The van der Waals surface area contributed by atoms with Gasteiger partial charge in [-0.3, -0.25) is 14.6 Å². The fraction of sp³-hybridized carbons (Fsp3) is 0.231. The second kappa shape index (κ2) is 12.2. The van der Waals surface area contributed by atoms with Gasteiger partial charge in [0, 0.05) is 53.2 Å². The molecule has 1 heterocycles. The van der Waals surface area contributed by atoms with Crippen LogP contribution in [0.15, 0.2) is 66.7 Å². The third-order valence-corrected chi connectivity index (χ3v) is 6.19. The van der Waals surface area contributed by atoms with E-state index in [0.29, 0.717) is 41.2 Å². The summed E-state index contributed by atoms with van der Waals surface area (Å²) in [4.78, 5) is 29.3. The molecule has 1 saturated heterocycles. The highest BCUT2D eigenvalue weighted by Gasteiger charge is 2.22. The van der Waals surface area contributed by atoms with E-state index in [2.05, 4.69) is 15.5 Å². The van der Waals surface area contributed by atoms with Gasteiger partial charge in [-0.2, -0.15) is 0 Å². The van der Waals surface area contributed by atoms with Gasteiger partial charge < -0.3 is 15.4 Å². The quantitative estimate of drug-likeness (QED) is 0.407. The molecule has 0 atom stereocenters. The first-order chi connectivity index (χ1) is 17.4. The van der Waals surface area contributed by atoms with Crippen LogP contribution in [0.5, 0.6) is 0 Å². The molecular weight excluding hydrogens is 506 g/mol. The number of carbonyl (C=O) groups excluding carboxylic acids is 2. The summed E-state index contributed by atoms with van der Waals surface area (Å²) in [6.07, 6.45) is 0. The molecule has 0 radical (unpaired) electrons. The lowest BCUT2D eigenvalue weighted by Gasteiger charge is -2.30. The van der Waals surface area contributed by atoms with E-state index in [-0.39, 0.29) is 17.8 Å². The lowest BCUT2D eigenvalue weighted by atomic mass is 10.1. The van der Waals surface area contributed by atoms with E-state index in [0.717, 1.165) is 19.2 Å². The minimum absolute atomic E-state index is 0.0674. The summed E-state index contributed by atoms with van der Waals surface area (Å²) in [6.45, 7) is 3.48. The Morgan fingerprint density at radius 1 is 0.889 bits per heavy atom. The second-order valence-electron chi connectivity index (χ2n) is 8.17. The van der Waals surface area contributed by atoms with Crippen LogP contribution in [0.1, 0.15) is 10.4 Å². The van der Waals surface area contributed by atoms with Crippen molar-refractivity contribution in [3.8, 4) is 0 Å². The van der Waals surface area contributed by atoms with E-state index >= 15 is 4.39 Å². The van der Waals surface area contributed by atoms with Gasteiger partial charge in [-0.1, -0.05) is 23.2 Å². The molecule has 0 spiro atoms. The monoisotopic (exact) mass is 530 g/mol. The van der Waals surface area contributed by atoms with Gasteiger partial charge in [-0.25, -0.2) is 9.18 Å². The van der Waals surface area contributed by atoms with Gasteiger partial charge in [0.1, 0.15) is 5.82 Å². The van der Waals surface area contributed by atoms with Crippen LogP contribution in [0.4, 0.5) is 26.2 Å². The number of hydrogen-bond acceptors (Lipinski definition) is 4. The third-order valence-electron chi connectivity index (χ3n) is 5.69. The van der Waals surface area contributed by atoms with E-state index in [9.17, 15) is 9.59 Å². The fourth-order valence-electron chi connectivity index (χ4n) is 3.73. The molecule has 7 nitrogen and oxygen atoms in total. The number of amides is 3. The number of urea groups is 1. The molecule has 1 aliphatic rings. The zero-order chi connectivity index (χ0) is 25.5. The van der Waals surface area contributed by atoms with Gasteiger partial charge in [-0.15, -0.1) is 0 Å². The van der Waals surface area contributed by atoms with Crippen LogP contribution in [0, 0.1) is 5.82 Å². The molecule has 10 heteroatoms. The third kappa shape index (κ3) is 6.95. The molecule has 0 aliphatic carbocycles. The van der Waals surface area contributed by atoms with Gasteiger partial charge in [0.15, 0.2) is 0 Å². The Morgan fingerprint density at radius 3 is 2.06 bits per heavy atom. The average Bonchev–Trinajstić information content (AvgIpc) is 2.88. The summed E-state index contributed by atoms with van der Waals surface area (Å²) in [5, 5.41) is 6.57. The summed E-state index contributed by atoms with van der Waals surface area (Å²) in [5.41, 5.74) is 1.25. The zero-order valence-electron chi connectivity index (χ0n) is 19.3. The maximum absolute atomic E-state index is 15.3. The maximum Gasteiger partial charge on any atom is 0.326 e. The lowest BCUT2D eigenvalue weighted by molar-refractivity contribution is 0.0393. The fourth-order valence-corrected chi connectivity index (χ4v) is 3.98. The standard InChI is InChI=1S/C26H25Cl2FN4O3/c27-19-2-6-21(7-3-19)30-25(34)18-1-10-24(23(29)17-18)33(12-11-32-13-15-36-16-14-32)26(35)31-22-8-4-20(28)5-9-22/h1-10,17H,11-16H2,(H,30,34)(H,31,35). The lowest BCUT2D eigenvalue weighted by Crippen LogP contribution is -2.44. The molecule has 3 aromatic rings. The number of carbonyl (C=O) groups is 2. The molecule has 4 rings (SSSR count). The van der Waals surface area contributed by atoms with Gasteiger partial charge in [-0.05, 0) is 66.7 Å². The van der Waals surface area contributed by atoms with Crippen molar-refractivity contribution in [3.05, 3.63) is 88.2 Å². The molecule has 2 N–H and O–H groups in total. The molecule has 1 aliphatic heterocycles. The minimum Gasteiger partial charge on any atom is -0.379 e. The number of benzene rings is 3. The van der Waals surface area contributed by atoms with Gasteiger partial charge in [0.05, 0.1) is 18.9 Å². The number of nitrogens with one attached hydrogen (secondary N) is 2. The van der Waals surface area contributed by atoms with Crippen LogP contribution in [-0.4, -0.2) is 56.2 Å². The average molecular weight is 531 g/mol. The van der Waals surface area contributed by atoms with Crippen LogP contribution in [0.25, 0.3) is 0 Å². The Kier molecular flexibility index (Phi) is 8.77. The van der Waals surface area contributed by atoms with Crippen molar-refractivity contribution in [1.29, 1.82) is 0 Å². The SMILES string of the molecule is O=C(Nc1ccc(Cl)cc1)c1ccc(N(CCN2CCOCC2)C(=O)Nc2ccc(Cl)cc2)c(F)c1. The van der Waals surface area contributed by atoms with Crippen molar-refractivity contribution < 1.29 is 18.7 Å². The van der Waals surface area contributed by atoms with Crippen LogP contribution in [0.2, 0.25) is 10.0 Å². The molecule has 188 valence electrons. The van der Waals surface area contributed by atoms with Crippen LogP contribution >= 0.6 is 23.2 Å². The molecule has 0 saturated carbocycles. The largest absolute Gasteiger partial charge is 0.379 e. The Bertz CT molecular complexity index is 1200. The van der Waals surface area contributed by atoms with Gasteiger partial charge >= 0.3 is 6.03 Å². The van der Waals surface area contributed by atoms with E-state index in [1.807, 2.05) is 0 Å². The van der Waals surface area contributed by atoms with Crippen LogP contribution < -0.4 is 15.5 Å². The van der Waals surface area contributed by atoms with Crippen LogP contribution in [0.3, 0.4) is 0 Å². The topological polar surface area (TPSA) is 73.9 Å². The summed E-state index contributed by atoms with van der Waals surface area (Å²) in [6, 6.07) is 16.8. The highest BCUT2D eigenvalue weighted by atomic mass is 35.5. The summed E-state index contributed by atoms with van der Waals surface area (Å²) >= 11 is 11.8. The van der Waals surface area contributed by atoms with Crippen molar-refractivity contribution in [1.82, 2.24) is 4.90 Å². The van der Waals surface area contributed by atoms with Gasteiger partial charge in [0.2, 0.25) is 0 Å². The minimum atomic E-state index is -0.688. The number of hydrogen-bond donors (Lipinski definition) is 2. The van der Waals surface area contributed by atoms with Crippen molar-refractivity contribution in [2.75, 3.05) is 54.9 Å². The first-order valence-corrected chi connectivity index (χ1v) is 12.2. The Balaban J connectivity index is 1.52. The highest BCUT2D eigenvalue weighted by Crippen LogP contribution is 2.24. The van der Waals surface area contributed by atoms with E-state index in [1.54, 1.807) is 48.5 Å². The highest BCUT2D eigenvalue weighted by molar-refractivity contribution is 6.31. The Labute approximate surface area is 218 Å². The van der Waals surface area contributed by atoms with Crippen molar-refractivity contribution in [2.45, 2.75) is 0 Å². The zero-order valence-corrected chi connectivity index (χ0v) is 20.9. The smallest absolute Gasteiger partial charge is 0.326 e. The van der Waals surface area contributed by atoms with E-state index in [1.165, 1.54) is 17.0 Å². The van der Waals surface area contributed by atoms with E-state index in [4.69, 9.17) is 27.9 Å². The van der Waals surface area contributed by atoms with Gasteiger partial charge in [0.25, 0.3) is 5.91 Å². The summed E-state index contributed by atoms with van der Waals surface area (Å²) < 4.78 is 20.7. The molecule has 3 amide bonds. The molecule has 1 fully saturated rings. The van der Waals surface area contributed by atoms with Crippen molar-refractivity contribution in [3.63, 3.8) is 0 Å². The molecular formula is C26H25Cl2FN4O3. The number of halogens is 3. The maximum atomic E-state index is 15.3. The molecule has 0 unspecified atom stereocenters. The number of anilines is 3. The van der Waals surface area contributed by atoms with Crippen molar-refractivity contribution >= 4 is 52.2 Å². The Hall–Kier alpha value is -3.17. The van der Waals surface area contributed by atoms with E-state index < -0.39 is 17.8 Å². The molecule has 3 aromatic carbocycles. The summed E-state index contributed by atoms with van der Waals surface area (Å²) in [5.74, 6) is -1.17. The number of rotatable bonds is 7. The first-order valence-electron chi connectivity index (χ1n) is 11.4. The summed E-state index contributed by atoms with van der Waals surface area (Å²) in [7, 11) is 0. The number of ether oxygens (including phenoxy) is 1. The predicted molar refractivity (Wildman–Crippen MR) is 141 cm³/mol. The molecule has 0 aromatic heterocycles. The van der Waals surface area contributed by atoms with Crippen LogP contribution in [-0.2, 0) is 4.74 Å². The Morgan fingerprint density at radius 2 is 1.47 bits per heavy atom. The molecule has 36 heavy (non-hydrogen) atoms. The predicted octanol–water partition coefficient (Wildman–Crippen LogP) is 5.76. The normalized spacial score (nSPS) is 13.8. The van der Waals surface area contributed by atoms with Crippen molar-refractivity contribution in [2.24, 2.45) is 0 Å². The first kappa shape index (κ1) is 25.9. The number of nitrogens with zero attached hydrogens (tertiary/aromatic N) is 2.